The molecule has 2 aromatic carbocycles. The fourth-order valence-electron chi connectivity index (χ4n) is 5.02. The molecule has 194 valence electrons. The number of fused-ring (bicyclic) bond motifs is 2. The van der Waals surface area contributed by atoms with E-state index in [9.17, 15) is 27.6 Å². The summed E-state index contributed by atoms with van der Waals surface area (Å²) in [5.41, 5.74) is -1.06. The third-order valence-electron chi connectivity index (χ3n) is 6.62. The van der Waals surface area contributed by atoms with Gasteiger partial charge in [0.2, 0.25) is 0 Å². The van der Waals surface area contributed by atoms with E-state index in [1.807, 2.05) is 0 Å². The summed E-state index contributed by atoms with van der Waals surface area (Å²) in [5.74, 6) is -1.86. The Morgan fingerprint density at radius 2 is 1.86 bits per heavy atom. The number of nitrogens with one attached hydrogen (secondary N) is 2. The zero-order chi connectivity index (χ0) is 26.3. The number of alkyl halides is 2. The summed E-state index contributed by atoms with van der Waals surface area (Å²) in [7, 11) is 0. The van der Waals surface area contributed by atoms with Crippen molar-refractivity contribution in [3.05, 3.63) is 69.3 Å². The van der Waals surface area contributed by atoms with E-state index < -0.39 is 29.3 Å². The van der Waals surface area contributed by atoms with Crippen molar-refractivity contribution in [2.45, 2.75) is 37.5 Å². The molecule has 37 heavy (non-hydrogen) atoms. The van der Waals surface area contributed by atoms with Gasteiger partial charge in [0, 0.05) is 29.8 Å². The SMILES string of the molecule is O=C(COc1ccc(Cl)c(F)c1)NC12CC(C1)C(NC(=O)c1cc(=O)c3ccc(OC(F)F)cc3o1)C2. The summed E-state index contributed by atoms with van der Waals surface area (Å²) in [5, 5.41) is 5.83. The topological polar surface area (TPSA) is 107 Å². The number of hydrogen-bond donors (Lipinski definition) is 2. The van der Waals surface area contributed by atoms with Gasteiger partial charge in [0.05, 0.1) is 10.4 Å². The molecule has 0 aliphatic heterocycles. The number of carbonyl (C=O) groups is 2. The Balaban J connectivity index is 1.19. The van der Waals surface area contributed by atoms with Gasteiger partial charge in [-0.05, 0) is 49.4 Å². The lowest BCUT2D eigenvalue weighted by Gasteiger charge is -2.39. The van der Waals surface area contributed by atoms with Crippen LogP contribution in [0.1, 0.15) is 29.8 Å². The second-order valence-electron chi connectivity index (χ2n) is 9.16. The van der Waals surface area contributed by atoms with Crippen LogP contribution >= 0.6 is 11.6 Å². The second-order valence-corrected chi connectivity index (χ2v) is 9.56. The van der Waals surface area contributed by atoms with E-state index in [0.717, 1.165) is 18.2 Å². The Hall–Kier alpha value is -3.73. The van der Waals surface area contributed by atoms with Gasteiger partial charge in [0.1, 0.15) is 22.9 Å². The minimum Gasteiger partial charge on any atom is -0.484 e. The van der Waals surface area contributed by atoms with Crippen LogP contribution in [0.4, 0.5) is 13.2 Å². The molecule has 1 heterocycles. The fraction of sp³-hybridized carbons (Fsp3) is 0.320. The summed E-state index contributed by atoms with van der Waals surface area (Å²) >= 11 is 5.63. The van der Waals surface area contributed by atoms with Crippen molar-refractivity contribution in [2.24, 2.45) is 5.92 Å². The highest BCUT2D eigenvalue weighted by molar-refractivity contribution is 6.30. The van der Waals surface area contributed by atoms with Crippen molar-refractivity contribution in [3.63, 3.8) is 0 Å². The monoisotopic (exact) mass is 536 g/mol. The van der Waals surface area contributed by atoms with Crippen molar-refractivity contribution in [3.8, 4) is 11.5 Å². The minimum absolute atomic E-state index is 0.0521. The van der Waals surface area contributed by atoms with Crippen molar-refractivity contribution in [2.75, 3.05) is 6.61 Å². The van der Waals surface area contributed by atoms with Gasteiger partial charge >= 0.3 is 6.61 Å². The molecule has 0 saturated heterocycles. The number of ether oxygens (including phenoxy) is 2. The Morgan fingerprint density at radius 3 is 2.59 bits per heavy atom. The van der Waals surface area contributed by atoms with E-state index in [-0.39, 0.29) is 57.7 Å². The predicted octanol–water partition coefficient (Wildman–Crippen LogP) is 4.03. The van der Waals surface area contributed by atoms with Gasteiger partial charge in [-0.3, -0.25) is 14.4 Å². The molecule has 6 rings (SSSR count). The number of hydrogen-bond acceptors (Lipinski definition) is 6. The molecule has 2 N–H and O–H groups in total. The summed E-state index contributed by atoms with van der Waals surface area (Å²) in [4.78, 5) is 37.6. The molecule has 12 heteroatoms. The number of rotatable bonds is 8. The molecular formula is C25H20ClF3N2O6. The molecule has 3 saturated carbocycles. The van der Waals surface area contributed by atoms with Crippen LogP contribution in [0.25, 0.3) is 11.0 Å². The minimum atomic E-state index is -3.05. The maximum atomic E-state index is 13.5. The van der Waals surface area contributed by atoms with Crippen LogP contribution in [-0.4, -0.2) is 36.6 Å². The van der Waals surface area contributed by atoms with Crippen LogP contribution in [0.2, 0.25) is 5.02 Å². The van der Waals surface area contributed by atoms with E-state index in [2.05, 4.69) is 15.4 Å². The molecular weight excluding hydrogens is 517 g/mol. The van der Waals surface area contributed by atoms with Crippen LogP contribution in [0, 0.1) is 11.7 Å². The first-order chi connectivity index (χ1) is 17.6. The molecule has 2 bridgehead atoms. The zero-order valence-electron chi connectivity index (χ0n) is 19.1. The quantitative estimate of drug-likeness (QED) is 0.450. The highest BCUT2D eigenvalue weighted by Crippen LogP contribution is 2.52. The Morgan fingerprint density at radius 1 is 1.11 bits per heavy atom. The van der Waals surface area contributed by atoms with Gasteiger partial charge < -0.3 is 24.5 Å². The summed E-state index contributed by atoms with van der Waals surface area (Å²) in [6, 6.07) is 8.26. The van der Waals surface area contributed by atoms with Crippen molar-refractivity contribution in [1.29, 1.82) is 0 Å². The van der Waals surface area contributed by atoms with E-state index >= 15 is 0 Å². The number of halogens is 4. The molecule has 3 aliphatic rings. The molecule has 1 aromatic heterocycles. The van der Waals surface area contributed by atoms with E-state index in [4.69, 9.17) is 20.8 Å². The molecule has 0 radical (unpaired) electrons. The molecule has 3 fully saturated rings. The lowest BCUT2D eigenvalue weighted by atomic mass is 9.76. The molecule has 3 aliphatic carbocycles. The molecule has 2 amide bonds. The Labute approximate surface area is 212 Å². The largest absolute Gasteiger partial charge is 0.484 e. The normalized spacial score (nSPS) is 22.0. The van der Waals surface area contributed by atoms with E-state index in [0.29, 0.717) is 19.3 Å². The third-order valence-corrected chi connectivity index (χ3v) is 6.92. The predicted molar refractivity (Wildman–Crippen MR) is 125 cm³/mol. The summed E-state index contributed by atoms with van der Waals surface area (Å²) in [6.07, 6.45) is 1.76. The van der Waals surface area contributed by atoms with Crippen molar-refractivity contribution >= 4 is 34.4 Å². The maximum Gasteiger partial charge on any atom is 0.387 e. The number of amides is 2. The van der Waals surface area contributed by atoms with Crippen LogP contribution in [0.15, 0.2) is 51.7 Å². The third kappa shape index (κ3) is 5.22. The number of benzene rings is 2. The number of carbonyl (C=O) groups excluding carboxylic acids is 2. The first-order valence-corrected chi connectivity index (χ1v) is 11.7. The molecule has 3 aromatic rings. The molecule has 1 atom stereocenters. The summed E-state index contributed by atoms with van der Waals surface area (Å²) < 4.78 is 53.7. The van der Waals surface area contributed by atoms with Gasteiger partial charge in [-0.2, -0.15) is 8.78 Å². The van der Waals surface area contributed by atoms with Gasteiger partial charge in [0.15, 0.2) is 17.8 Å². The molecule has 0 spiro atoms. The zero-order valence-corrected chi connectivity index (χ0v) is 19.8. The van der Waals surface area contributed by atoms with Crippen LogP contribution in [-0.2, 0) is 4.79 Å². The Kier molecular flexibility index (Phi) is 6.49. The first-order valence-electron chi connectivity index (χ1n) is 11.3. The fourth-order valence-corrected chi connectivity index (χ4v) is 5.13. The van der Waals surface area contributed by atoms with Gasteiger partial charge in [-0.1, -0.05) is 11.6 Å². The van der Waals surface area contributed by atoms with Crippen molar-refractivity contribution in [1.82, 2.24) is 10.6 Å². The second kappa shape index (κ2) is 9.62. The lowest BCUT2D eigenvalue weighted by molar-refractivity contribution is -0.125. The molecule has 1 unspecified atom stereocenters. The standard InChI is InChI=1S/C25H20ClF3N2O6/c26-16-4-2-13(5-17(16)27)35-11-22(33)31-25-8-12(9-25)18(10-25)30-23(34)21-7-19(32)15-3-1-14(36-24(28)29)6-20(15)37-21/h1-7,12,18,24H,8-11H2,(H,30,34)(H,31,33). The van der Waals surface area contributed by atoms with Gasteiger partial charge in [-0.25, -0.2) is 4.39 Å². The lowest BCUT2D eigenvalue weighted by Crippen LogP contribution is -2.53. The van der Waals surface area contributed by atoms with E-state index in [1.165, 1.54) is 24.3 Å². The Bertz CT molecular complexity index is 1440. The highest BCUT2D eigenvalue weighted by Gasteiger charge is 2.57. The summed E-state index contributed by atoms with van der Waals surface area (Å²) in [6.45, 7) is -3.37. The van der Waals surface area contributed by atoms with Crippen LogP contribution in [0.5, 0.6) is 11.5 Å². The molecule has 8 nitrogen and oxygen atoms in total. The van der Waals surface area contributed by atoms with E-state index in [1.54, 1.807) is 0 Å². The highest BCUT2D eigenvalue weighted by atomic mass is 35.5. The first kappa shape index (κ1) is 24.9. The van der Waals surface area contributed by atoms with Gasteiger partial charge in [0.25, 0.3) is 11.8 Å². The van der Waals surface area contributed by atoms with Gasteiger partial charge in [-0.15, -0.1) is 0 Å². The van der Waals surface area contributed by atoms with Crippen LogP contribution < -0.4 is 25.5 Å². The van der Waals surface area contributed by atoms with Crippen molar-refractivity contribution < 1.29 is 36.7 Å². The van der Waals surface area contributed by atoms with Crippen LogP contribution in [0.3, 0.4) is 0 Å². The maximum absolute atomic E-state index is 13.5. The average Bonchev–Trinajstić information content (AvgIpc) is 3.32. The smallest absolute Gasteiger partial charge is 0.387 e. The average molecular weight is 537 g/mol.